The number of hydrogen-bond donors (Lipinski definition) is 1. The first-order valence-electron chi connectivity index (χ1n) is 7.92. The van der Waals surface area contributed by atoms with Crippen LogP contribution in [0.3, 0.4) is 0 Å². The molecule has 0 aromatic heterocycles. The summed E-state index contributed by atoms with van der Waals surface area (Å²) in [5, 5.41) is 11.0. The van der Waals surface area contributed by atoms with Crippen LogP contribution in [0.5, 0.6) is 5.75 Å². The predicted molar refractivity (Wildman–Crippen MR) is 95.2 cm³/mol. The maximum atomic E-state index is 10.3. The molecule has 0 bridgehead atoms. The van der Waals surface area contributed by atoms with Crippen LogP contribution in [0, 0.1) is 0 Å². The Morgan fingerprint density at radius 1 is 1.09 bits per heavy atom. The molecule has 2 rings (SSSR count). The lowest BCUT2D eigenvalue weighted by molar-refractivity contribution is 0.178. The Kier molecular flexibility index (Phi) is 6.90. The molecule has 0 aliphatic rings. The quantitative estimate of drug-likeness (QED) is 0.794. The van der Waals surface area contributed by atoms with E-state index >= 15 is 0 Å². The molecule has 1 N–H and O–H groups in total. The van der Waals surface area contributed by atoms with Gasteiger partial charge in [0.2, 0.25) is 0 Å². The van der Waals surface area contributed by atoms with E-state index in [1.165, 1.54) is 0 Å². The smallest absolute Gasteiger partial charge is 0.119 e. The lowest BCUT2D eigenvalue weighted by Gasteiger charge is -2.15. The zero-order chi connectivity index (χ0) is 16.7. The van der Waals surface area contributed by atoms with Crippen LogP contribution in [-0.4, -0.2) is 36.8 Å². The minimum atomic E-state index is -0.531. The maximum absolute atomic E-state index is 10.3. The van der Waals surface area contributed by atoms with Crippen molar-refractivity contribution < 1.29 is 9.84 Å². The van der Waals surface area contributed by atoms with Crippen LogP contribution in [0.15, 0.2) is 48.5 Å². The van der Waals surface area contributed by atoms with Crippen LogP contribution in [0.25, 0.3) is 0 Å². The van der Waals surface area contributed by atoms with Gasteiger partial charge in [0.1, 0.15) is 12.4 Å². The summed E-state index contributed by atoms with van der Waals surface area (Å²) in [5.74, 6) is 0.831. The number of halogens is 1. The van der Waals surface area contributed by atoms with Gasteiger partial charge >= 0.3 is 0 Å². The Bertz CT molecular complexity index is 583. The number of hydrogen-bond acceptors (Lipinski definition) is 3. The van der Waals surface area contributed by atoms with Crippen LogP contribution in [-0.2, 0) is 6.42 Å². The van der Waals surface area contributed by atoms with Crippen LogP contribution in [0.4, 0.5) is 0 Å². The number of aliphatic hydroxyl groups excluding tert-OH is 1. The molecule has 0 spiro atoms. The van der Waals surface area contributed by atoms with Gasteiger partial charge in [0, 0.05) is 18.0 Å². The summed E-state index contributed by atoms with van der Waals surface area (Å²) in [6.45, 7) is 4.70. The molecule has 3 nitrogen and oxygen atoms in total. The average molecular weight is 334 g/mol. The molecular weight excluding hydrogens is 310 g/mol. The zero-order valence-electron chi connectivity index (χ0n) is 13.7. The average Bonchev–Trinajstić information content (AvgIpc) is 2.57. The summed E-state index contributed by atoms with van der Waals surface area (Å²) in [6, 6.07) is 15.2. The van der Waals surface area contributed by atoms with Crippen molar-refractivity contribution in [3.05, 3.63) is 64.7 Å². The molecule has 0 aliphatic heterocycles. The molecule has 2 aromatic rings. The van der Waals surface area contributed by atoms with Gasteiger partial charge in [0.05, 0.1) is 6.10 Å². The fourth-order valence-corrected chi connectivity index (χ4v) is 2.35. The number of likely N-dealkylation sites (N-methyl/N-ethyl adjacent to an activating group) is 1. The van der Waals surface area contributed by atoms with E-state index in [2.05, 4.69) is 18.9 Å². The highest BCUT2D eigenvalue weighted by Gasteiger charge is 2.09. The first-order chi connectivity index (χ1) is 11.1. The second-order valence-corrected chi connectivity index (χ2v) is 6.10. The number of aliphatic hydroxyl groups is 1. The Hall–Kier alpha value is -1.55. The van der Waals surface area contributed by atoms with Crippen molar-refractivity contribution in [1.29, 1.82) is 0 Å². The molecular formula is C19H24ClNO2. The van der Waals surface area contributed by atoms with Gasteiger partial charge in [0.15, 0.2) is 0 Å². The molecule has 0 heterocycles. The first-order valence-corrected chi connectivity index (χ1v) is 8.30. The Balaban J connectivity index is 1.87. The van der Waals surface area contributed by atoms with Crippen LogP contribution in [0.2, 0.25) is 5.02 Å². The monoisotopic (exact) mass is 333 g/mol. The van der Waals surface area contributed by atoms with Gasteiger partial charge in [-0.3, -0.25) is 0 Å². The normalized spacial score (nSPS) is 12.4. The Morgan fingerprint density at radius 3 is 2.35 bits per heavy atom. The van der Waals surface area contributed by atoms with E-state index in [9.17, 15) is 5.11 Å². The maximum Gasteiger partial charge on any atom is 0.119 e. The topological polar surface area (TPSA) is 32.7 Å². The molecule has 1 atom stereocenters. The van der Waals surface area contributed by atoms with E-state index in [0.29, 0.717) is 18.1 Å². The van der Waals surface area contributed by atoms with E-state index in [-0.39, 0.29) is 0 Å². The molecule has 124 valence electrons. The first kappa shape index (κ1) is 17.8. The van der Waals surface area contributed by atoms with Crippen molar-refractivity contribution in [3.8, 4) is 5.75 Å². The number of benzene rings is 2. The highest BCUT2D eigenvalue weighted by molar-refractivity contribution is 6.30. The second kappa shape index (κ2) is 8.92. The molecule has 1 unspecified atom stereocenters. The minimum Gasteiger partial charge on any atom is -0.492 e. The van der Waals surface area contributed by atoms with Gasteiger partial charge in [-0.2, -0.15) is 0 Å². The van der Waals surface area contributed by atoms with Gasteiger partial charge in [-0.25, -0.2) is 0 Å². The van der Waals surface area contributed by atoms with Gasteiger partial charge < -0.3 is 14.7 Å². The summed E-state index contributed by atoms with van der Waals surface area (Å²) in [5.41, 5.74) is 1.95. The molecule has 0 radical (unpaired) electrons. The molecule has 0 amide bonds. The largest absolute Gasteiger partial charge is 0.492 e. The lowest BCUT2D eigenvalue weighted by Crippen LogP contribution is -2.23. The van der Waals surface area contributed by atoms with E-state index < -0.39 is 6.10 Å². The highest BCUT2D eigenvalue weighted by Crippen LogP contribution is 2.22. The molecule has 0 aliphatic carbocycles. The number of ether oxygens (including phenoxy) is 1. The molecule has 23 heavy (non-hydrogen) atoms. The zero-order valence-corrected chi connectivity index (χ0v) is 14.5. The third-order valence-electron chi connectivity index (χ3n) is 3.89. The molecule has 0 saturated heterocycles. The van der Waals surface area contributed by atoms with E-state index in [4.69, 9.17) is 16.3 Å². The summed E-state index contributed by atoms with van der Waals surface area (Å²) in [4.78, 5) is 2.20. The third-order valence-corrected chi connectivity index (χ3v) is 4.14. The van der Waals surface area contributed by atoms with Gasteiger partial charge in [0.25, 0.3) is 0 Å². The van der Waals surface area contributed by atoms with Gasteiger partial charge in [-0.1, -0.05) is 42.8 Å². The summed E-state index contributed by atoms with van der Waals surface area (Å²) >= 11 is 5.87. The molecule has 0 fully saturated rings. The molecule has 0 saturated carbocycles. The summed E-state index contributed by atoms with van der Waals surface area (Å²) in [6.07, 6.45) is 0.0371. The minimum absolute atomic E-state index is 0.531. The van der Waals surface area contributed by atoms with E-state index in [0.717, 1.165) is 30.0 Å². The summed E-state index contributed by atoms with van der Waals surface area (Å²) in [7, 11) is 2.07. The standard InChI is InChI=1S/C19H24ClNO2/c1-3-21(2)12-13-23-18-10-6-16(7-11-18)19(22)14-15-4-8-17(20)9-5-15/h4-11,19,22H,3,12-14H2,1-2H3. The van der Waals surface area contributed by atoms with Gasteiger partial charge in [-0.15, -0.1) is 0 Å². The SMILES string of the molecule is CCN(C)CCOc1ccc(C(O)Cc2ccc(Cl)cc2)cc1. The van der Waals surface area contributed by atoms with Crippen molar-refractivity contribution in [2.24, 2.45) is 0 Å². The van der Waals surface area contributed by atoms with E-state index in [1.807, 2.05) is 48.5 Å². The lowest BCUT2D eigenvalue weighted by atomic mass is 10.0. The van der Waals surface area contributed by atoms with E-state index in [1.54, 1.807) is 0 Å². The third kappa shape index (κ3) is 5.87. The Morgan fingerprint density at radius 2 is 1.74 bits per heavy atom. The van der Waals surface area contributed by atoms with Crippen molar-refractivity contribution in [3.63, 3.8) is 0 Å². The number of nitrogens with zero attached hydrogens (tertiary/aromatic N) is 1. The van der Waals surface area contributed by atoms with Crippen molar-refractivity contribution in [2.75, 3.05) is 26.7 Å². The highest BCUT2D eigenvalue weighted by atomic mass is 35.5. The fourth-order valence-electron chi connectivity index (χ4n) is 2.23. The second-order valence-electron chi connectivity index (χ2n) is 5.66. The number of rotatable bonds is 8. The fraction of sp³-hybridized carbons (Fsp3) is 0.368. The molecule has 4 heteroatoms. The van der Waals surface area contributed by atoms with Crippen molar-refractivity contribution in [2.45, 2.75) is 19.4 Å². The van der Waals surface area contributed by atoms with Gasteiger partial charge in [-0.05, 0) is 49.0 Å². The van der Waals surface area contributed by atoms with Crippen LogP contribution < -0.4 is 4.74 Å². The molecule has 2 aromatic carbocycles. The van der Waals surface area contributed by atoms with Crippen molar-refractivity contribution in [1.82, 2.24) is 4.90 Å². The van der Waals surface area contributed by atoms with Crippen LogP contribution >= 0.6 is 11.6 Å². The van der Waals surface area contributed by atoms with Crippen LogP contribution in [0.1, 0.15) is 24.2 Å². The van der Waals surface area contributed by atoms with Crippen molar-refractivity contribution >= 4 is 11.6 Å². The Labute approximate surface area is 143 Å². The summed E-state index contributed by atoms with van der Waals surface area (Å²) < 4.78 is 5.71. The predicted octanol–water partition coefficient (Wildman–Crippen LogP) is 3.95.